The van der Waals surface area contributed by atoms with E-state index in [-0.39, 0.29) is 11.7 Å². The van der Waals surface area contributed by atoms with Gasteiger partial charge in [0, 0.05) is 8.95 Å². The Morgan fingerprint density at radius 2 is 2.22 bits per heavy atom. The Morgan fingerprint density at radius 1 is 1.56 bits per heavy atom. The molecule has 5 nitrogen and oxygen atoms in total. The molecule has 18 heavy (non-hydrogen) atoms. The van der Waals surface area contributed by atoms with E-state index in [4.69, 9.17) is 10.9 Å². The minimum atomic E-state index is -0.648. The van der Waals surface area contributed by atoms with Gasteiger partial charge in [0.2, 0.25) is 5.91 Å². The summed E-state index contributed by atoms with van der Waals surface area (Å²) in [6.45, 7) is 1.79. The van der Waals surface area contributed by atoms with Crippen molar-refractivity contribution in [2.75, 3.05) is 5.32 Å². The summed E-state index contributed by atoms with van der Waals surface area (Å²) in [7, 11) is 0. The predicted molar refractivity (Wildman–Crippen MR) is 77.7 cm³/mol. The quantitative estimate of drug-likeness (QED) is 0.325. The van der Waals surface area contributed by atoms with E-state index in [0.29, 0.717) is 12.1 Å². The SMILES string of the molecule is CCC(C(=O)Nc1ccc(Br)cc1Br)C(N)=NO. The van der Waals surface area contributed by atoms with E-state index in [1.165, 1.54) is 0 Å². The predicted octanol–water partition coefficient (Wildman–Crippen LogP) is 2.92. The lowest BCUT2D eigenvalue weighted by atomic mass is 10.0. The Kier molecular flexibility index (Phi) is 5.61. The molecule has 0 radical (unpaired) electrons. The molecule has 98 valence electrons. The van der Waals surface area contributed by atoms with Gasteiger partial charge in [-0.15, -0.1) is 0 Å². The molecule has 1 unspecified atom stereocenters. The summed E-state index contributed by atoms with van der Waals surface area (Å²) < 4.78 is 1.65. The number of rotatable bonds is 4. The number of anilines is 1. The first kappa shape index (κ1) is 15.0. The van der Waals surface area contributed by atoms with E-state index in [1.807, 2.05) is 12.1 Å². The third-order valence-corrected chi connectivity index (χ3v) is 3.54. The number of hydrogen-bond donors (Lipinski definition) is 3. The fourth-order valence-electron chi connectivity index (χ4n) is 1.41. The van der Waals surface area contributed by atoms with Gasteiger partial charge in [-0.2, -0.15) is 0 Å². The molecule has 1 rings (SSSR count). The van der Waals surface area contributed by atoms with Crippen LogP contribution in [0.2, 0.25) is 0 Å². The maximum absolute atomic E-state index is 12.0. The molecule has 0 saturated carbocycles. The van der Waals surface area contributed by atoms with Crippen LogP contribution in [0.4, 0.5) is 5.69 Å². The monoisotopic (exact) mass is 377 g/mol. The molecule has 0 bridgehead atoms. The zero-order valence-electron chi connectivity index (χ0n) is 9.65. The Hall–Kier alpha value is -1.08. The molecule has 1 amide bonds. The molecule has 0 saturated heterocycles. The van der Waals surface area contributed by atoms with E-state index in [1.54, 1.807) is 13.0 Å². The van der Waals surface area contributed by atoms with Crippen LogP contribution in [0.5, 0.6) is 0 Å². The number of amides is 1. The highest BCUT2D eigenvalue weighted by atomic mass is 79.9. The number of nitrogens with zero attached hydrogens (tertiary/aromatic N) is 1. The molecular formula is C11H13Br2N3O2. The zero-order chi connectivity index (χ0) is 13.7. The summed E-state index contributed by atoms with van der Waals surface area (Å²) in [5.74, 6) is -1.05. The third kappa shape index (κ3) is 3.71. The minimum absolute atomic E-state index is 0.0942. The van der Waals surface area contributed by atoms with Gasteiger partial charge in [-0.05, 0) is 40.5 Å². The summed E-state index contributed by atoms with van der Waals surface area (Å²) in [5.41, 5.74) is 6.10. The highest BCUT2D eigenvalue weighted by Gasteiger charge is 2.21. The van der Waals surface area contributed by atoms with Gasteiger partial charge >= 0.3 is 0 Å². The molecule has 0 aromatic heterocycles. The molecule has 0 fully saturated rings. The second-order valence-corrected chi connectivity index (χ2v) is 5.37. The average molecular weight is 379 g/mol. The van der Waals surface area contributed by atoms with Crippen LogP contribution in [0.15, 0.2) is 32.3 Å². The van der Waals surface area contributed by atoms with E-state index >= 15 is 0 Å². The zero-order valence-corrected chi connectivity index (χ0v) is 12.8. The number of nitrogens with one attached hydrogen (secondary N) is 1. The second-order valence-electron chi connectivity index (χ2n) is 3.60. The van der Waals surface area contributed by atoms with Gasteiger partial charge in [0.15, 0.2) is 5.84 Å². The van der Waals surface area contributed by atoms with Gasteiger partial charge in [-0.25, -0.2) is 0 Å². The first-order valence-corrected chi connectivity index (χ1v) is 6.81. The summed E-state index contributed by atoms with van der Waals surface area (Å²) in [4.78, 5) is 12.0. The second kappa shape index (κ2) is 6.75. The van der Waals surface area contributed by atoms with Gasteiger partial charge < -0.3 is 16.3 Å². The van der Waals surface area contributed by atoms with Crippen molar-refractivity contribution in [3.8, 4) is 0 Å². The number of oxime groups is 1. The lowest BCUT2D eigenvalue weighted by Gasteiger charge is -2.14. The molecule has 1 aromatic rings. The molecule has 0 aliphatic heterocycles. The molecule has 7 heteroatoms. The fourth-order valence-corrected chi connectivity index (χ4v) is 2.56. The summed E-state index contributed by atoms with van der Waals surface area (Å²) >= 11 is 6.67. The van der Waals surface area contributed by atoms with E-state index in [2.05, 4.69) is 42.3 Å². The van der Waals surface area contributed by atoms with Crippen molar-refractivity contribution < 1.29 is 10.0 Å². The highest BCUT2D eigenvalue weighted by Crippen LogP contribution is 2.26. The van der Waals surface area contributed by atoms with Crippen LogP contribution in [0.1, 0.15) is 13.3 Å². The number of benzene rings is 1. The van der Waals surface area contributed by atoms with Gasteiger partial charge in [0.25, 0.3) is 0 Å². The van der Waals surface area contributed by atoms with Crippen molar-refractivity contribution in [2.45, 2.75) is 13.3 Å². The highest BCUT2D eigenvalue weighted by molar-refractivity contribution is 9.11. The topological polar surface area (TPSA) is 87.7 Å². The fraction of sp³-hybridized carbons (Fsp3) is 0.273. The number of amidine groups is 1. The number of halogens is 2. The maximum Gasteiger partial charge on any atom is 0.235 e. The van der Waals surface area contributed by atoms with Crippen LogP contribution < -0.4 is 11.1 Å². The largest absolute Gasteiger partial charge is 0.409 e. The van der Waals surface area contributed by atoms with Crippen LogP contribution >= 0.6 is 31.9 Å². The van der Waals surface area contributed by atoms with Crippen LogP contribution in [-0.4, -0.2) is 17.0 Å². The molecule has 0 aliphatic rings. The number of nitrogens with two attached hydrogens (primary N) is 1. The summed E-state index contributed by atoms with van der Waals surface area (Å²) in [6, 6.07) is 5.38. The molecule has 0 spiro atoms. The summed E-state index contributed by atoms with van der Waals surface area (Å²) in [6.07, 6.45) is 0.454. The van der Waals surface area contributed by atoms with Crippen molar-refractivity contribution in [2.24, 2.45) is 16.8 Å². The molecule has 1 atom stereocenters. The minimum Gasteiger partial charge on any atom is -0.409 e. The average Bonchev–Trinajstić information content (AvgIpc) is 2.33. The van der Waals surface area contributed by atoms with Crippen molar-refractivity contribution in [3.05, 3.63) is 27.1 Å². The smallest absolute Gasteiger partial charge is 0.235 e. The Labute approximate surface area is 122 Å². The van der Waals surface area contributed by atoms with E-state index in [0.717, 1.165) is 8.95 Å². The van der Waals surface area contributed by atoms with Crippen molar-refractivity contribution in [3.63, 3.8) is 0 Å². The van der Waals surface area contributed by atoms with Gasteiger partial charge in [0.05, 0.1) is 11.6 Å². The number of hydrogen-bond acceptors (Lipinski definition) is 3. The van der Waals surface area contributed by atoms with Crippen LogP contribution in [0.25, 0.3) is 0 Å². The number of carbonyl (C=O) groups is 1. The molecule has 0 heterocycles. The molecule has 1 aromatic carbocycles. The standard InChI is InChI=1S/C11H13Br2N3O2/c1-2-7(10(14)16-18)11(17)15-9-4-3-6(12)5-8(9)13/h3-5,7,18H,2H2,1H3,(H2,14,16)(H,15,17). The first-order chi connectivity index (χ1) is 8.49. The Balaban J connectivity index is 2.86. The third-order valence-electron chi connectivity index (χ3n) is 2.39. The number of carbonyl (C=O) groups excluding carboxylic acids is 1. The lowest BCUT2D eigenvalue weighted by molar-refractivity contribution is -0.118. The Bertz CT molecular complexity index is 477. The maximum atomic E-state index is 12.0. The lowest BCUT2D eigenvalue weighted by Crippen LogP contribution is -2.34. The van der Waals surface area contributed by atoms with Gasteiger partial charge in [0.1, 0.15) is 0 Å². The van der Waals surface area contributed by atoms with Gasteiger partial charge in [-0.1, -0.05) is 28.0 Å². The van der Waals surface area contributed by atoms with Crippen molar-refractivity contribution in [1.29, 1.82) is 0 Å². The van der Waals surface area contributed by atoms with Crippen molar-refractivity contribution >= 4 is 49.3 Å². The van der Waals surface area contributed by atoms with Crippen LogP contribution in [0.3, 0.4) is 0 Å². The normalized spacial score (nSPS) is 13.2. The molecule has 4 N–H and O–H groups in total. The Morgan fingerprint density at radius 3 is 2.72 bits per heavy atom. The van der Waals surface area contributed by atoms with E-state index in [9.17, 15) is 4.79 Å². The van der Waals surface area contributed by atoms with Crippen molar-refractivity contribution in [1.82, 2.24) is 0 Å². The van der Waals surface area contributed by atoms with Gasteiger partial charge in [-0.3, -0.25) is 4.79 Å². The van der Waals surface area contributed by atoms with Crippen LogP contribution in [0, 0.1) is 5.92 Å². The summed E-state index contributed by atoms with van der Waals surface area (Å²) in [5, 5.41) is 14.2. The first-order valence-electron chi connectivity index (χ1n) is 5.23. The van der Waals surface area contributed by atoms with E-state index < -0.39 is 5.92 Å². The molecular weight excluding hydrogens is 366 g/mol. The van der Waals surface area contributed by atoms with Crippen LogP contribution in [-0.2, 0) is 4.79 Å². The molecule has 0 aliphatic carbocycles.